The summed E-state index contributed by atoms with van der Waals surface area (Å²) in [4.78, 5) is 14.2. The van der Waals surface area contributed by atoms with Crippen LogP contribution in [0.2, 0.25) is 0 Å². The van der Waals surface area contributed by atoms with Gasteiger partial charge in [-0.3, -0.25) is 0 Å². The maximum Gasteiger partial charge on any atom is 0.375 e. The Bertz CT molecular complexity index is 494. The van der Waals surface area contributed by atoms with E-state index in [1.165, 1.54) is 11.0 Å². The van der Waals surface area contributed by atoms with Crippen LogP contribution in [0.4, 0.5) is 5.69 Å². The molecule has 6 nitrogen and oxygen atoms in total. The highest BCUT2D eigenvalue weighted by Gasteiger charge is 2.09. The zero-order chi connectivity index (χ0) is 10.8. The molecular weight excluding hydrogens is 232 g/mol. The zero-order valence-corrected chi connectivity index (χ0v) is 8.89. The largest absolute Gasteiger partial charge is 0.475 e. The summed E-state index contributed by atoms with van der Waals surface area (Å²) in [5.74, 6) is -1.38. The Kier molecular flexibility index (Phi) is 3.47. The summed E-state index contributed by atoms with van der Waals surface area (Å²) in [6.45, 7) is 0. The summed E-state index contributed by atoms with van der Waals surface area (Å²) in [6, 6.07) is 6.88. The molecule has 0 aliphatic heterocycles. The molecule has 1 aromatic carbocycles. The van der Waals surface area contributed by atoms with E-state index < -0.39 is 5.97 Å². The minimum Gasteiger partial charge on any atom is -0.475 e. The molecule has 0 saturated carbocycles. The SMILES string of the molecule is Cl.Nc1ccc(-n2cnc(C(=O)O)n2)cc1. The molecular formula is C9H9ClN4O2. The molecule has 3 N–H and O–H groups in total. The third kappa shape index (κ3) is 2.29. The van der Waals surface area contributed by atoms with Crippen molar-refractivity contribution in [3.63, 3.8) is 0 Å². The van der Waals surface area contributed by atoms with Crippen molar-refractivity contribution in [2.45, 2.75) is 0 Å². The Labute approximate surface area is 97.1 Å². The van der Waals surface area contributed by atoms with Gasteiger partial charge in [0.15, 0.2) is 0 Å². The minimum atomic E-state index is -1.15. The summed E-state index contributed by atoms with van der Waals surface area (Å²) in [5, 5.41) is 12.4. The highest BCUT2D eigenvalue weighted by molar-refractivity contribution is 5.85. The van der Waals surface area contributed by atoms with E-state index in [0.717, 1.165) is 0 Å². The molecule has 0 spiro atoms. The fourth-order valence-electron chi connectivity index (χ4n) is 1.11. The van der Waals surface area contributed by atoms with E-state index in [1.54, 1.807) is 24.3 Å². The van der Waals surface area contributed by atoms with Gasteiger partial charge in [0.25, 0.3) is 5.82 Å². The quantitative estimate of drug-likeness (QED) is 0.763. The van der Waals surface area contributed by atoms with E-state index in [4.69, 9.17) is 10.8 Å². The third-order valence-electron chi connectivity index (χ3n) is 1.84. The number of rotatable bonds is 2. The molecule has 1 heterocycles. The van der Waals surface area contributed by atoms with Crippen molar-refractivity contribution in [1.82, 2.24) is 14.8 Å². The number of anilines is 1. The lowest BCUT2D eigenvalue weighted by molar-refractivity contribution is 0.0683. The lowest BCUT2D eigenvalue weighted by atomic mass is 10.3. The van der Waals surface area contributed by atoms with Crippen LogP contribution in [-0.2, 0) is 0 Å². The van der Waals surface area contributed by atoms with Crippen LogP contribution in [0, 0.1) is 0 Å². The summed E-state index contributed by atoms with van der Waals surface area (Å²) >= 11 is 0. The van der Waals surface area contributed by atoms with Crippen LogP contribution in [0.5, 0.6) is 0 Å². The second-order valence-corrected chi connectivity index (χ2v) is 2.91. The van der Waals surface area contributed by atoms with Gasteiger partial charge >= 0.3 is 5.97 Å². The predicted octanol–water partition coefficient (Wildman–Crippen LogP) is 0.970. The van der Waals surface area contributed by atoms with Crippen molar-refractivity contribution in [3.8, 4) is 5.69 Å². The van der Waals surface area contributed by atoms with Crippen LogP contribution < -0.4 is 5.73 Å². The minimum absolute atomic E-state index is 0. The number of benzene rings is 1. The second-order valence-electron chi connectivity index (χ2n) is 2.91. The third-order valence-corrected chi connectivity index (χ3v) is 1.84. The van der Waals surface area contributed by atoms with E-state index >= 15 is 0 Å². The van der Waals surface area contributed by atoms with Crippen LogP contribution in [0.15, 0.2) is 30.6 Å². The number of nitrogen functional groups attached to an aromatic ring is 1. The number of carbonyl (C=O) groups is 1. The number of aromatic nitrogens is 3. The van der Waals surface area contributed by atoms with Gasteiger partial charge in [-0.05, 0) is 24.3 Å². The summed E-state index contributed by atoms with van der Waals surface area (Å²) in [5.41, 5.74) is 6.87. The number of carboxylic acid groups (broad SMARTS) is 1. The molecule has 0 fully saturated rings. The molecule has 0 atom stereocenters. The first-order chi connectivity index (χ1) is 7.16. The van der Waals surface area contributed by atoms with E-state index in [-0.39, 0.29) is 18.2 Å². The van der Waals surface area contributed by atoms with E-state index in [1.807, 2.05) is 0 Å². The molecule has 7 heteroatoms. The van der Waals surface area contributed by atoms with Crippen LogP contribution >= 0.6 is 12.4 Å². The highest BCUT2D eigenvalue weighted by Crippen LogP contribution is 2.09. The topological polar surface area (TPSA) is 94.0 Å². The highest BCUT2D eigenvalue weighted by atomic mass is 35.5. The van der Waals surface area contributed by atoms with E-state index in [2.05, 4.69) is 10.1 Å². The first kappa shape index (κ1) is 12.0. The average Bonchev–Trinajstić information content (AvgIpc) is 2.68. The van der Waals surface area contributed by atoms with Crippen molar-refractivity contribution >= 4 is 24.1 Å². The number of hydrogen-bond acceptors (Lipinski definition) is 4. The predicted molar refractivity (Wildman–Crippen MR) is 60.0 cm³/mol. The number of nitrogens with two attached hydrogens (primary N) is 1. The van der Waals surface area contributed by atoms with Gasteiger partial charge in [-0.15, -0.1) is 17.5 Å². The molecule has 0 aliphatic rings. The first-order valence-corrected chi connectivity index (χ1v) is 4.17. The number of hydrogen-bond donors (Lipinski definition) is 2. The van der Waals surface area contributed by atoms with Gasteiger partial charge < -0.3 is 10.8 Å². The van der Waals surface area contributed by atoms with E-state index in [9.17, 15) is 4.79 Å². The second kappa shape index (κ2) is 4.63. The maximum atomic E-state index is 10.5. The lowest BCUT2D eigenvalue weighted by Gasteiger charge is -1.99. The monoisotopic (exact) mass is 240 g/mol. The standard InChI is InChI=1S/C9H8N4O2.ClH/c10-6-1-3-7(4-2-6)13-5-11-8(12-13)9(14)15;/h1-5H,10H2,(H,14,15);1H. The molecule has 0 unspecified atom stereocenters. The van der Waals surface area contributed by atoms with Crippen molar-refractivity contribution in [2.75, 3.05) is 5.73 Å². The Balaban J connectivity index is 0.00000128. The fraction of sp³-hybridized carbons (Fsp3) is 0. The molecule has 2 aromatic rings. The zero-order valence-electron chi connectivity index (χ0n) is 8.07. The average molecular weight is 241 g/mol. The number of nitrogens with zero attached hydrogens (tertiary/aromatic N) is 3. The van der Waals surface area contributed by atoms with Gasteiger partial charge in [0.2, 0.25) is 0 Å². The first-order valence-electron chi connectivity index (χ1n) is 4.17. The van der Waals surface area contributed by atoms with Crippen LogP contribution in [0.1, 0.15) is 10.6 Å². The van der Waals surface area contributed by atoms with Gasteiger partial charge in [-0.1, -0.05) is 0 Å². The molecule has 0 bridgehead atoms. The van der Waals surface area contributed by atoms with Gasteiger partial charge in [0.05, 0.1) is 5.69 Å². The van der Waals surface area contributed by atoms with E-state index in [0.29, 0.717) is 11.4 Å². The Morgan fingerprint density at radius 2 is 1.94 bits per heavy atom. The van der Waals surface area contributed by atoms with Gasteiger partial charge in [-0.25, -0.2) is 14.5 Å². The number of aromatic carboxylic acids is 1. The molecule has 1 aromatic heterocycles. The molecule has 16 heavy (non-hydrogen) atoms. The molecule has 0 aliphatic carbocycles. The maximum absolute atomic E-state index is 10.5. The van der Waals surface area contributed by atoms with Crippen LogP contribution in [-0.4, -0.2) is 25.8 Å². The normalized spacial score (nSPS) is 9.50. The van der Waals surface area contributed by atoms with Gasteiger partial charge in [0.1, 0.15) is 6.33 Å². The van der Waals surface area contributed by atoms with Crippen molar-refractivity contribution in [1.29, 1.82) is 0 Å². The summed E-state index contributed by atoms with van der Waals surface area (Å²) in [7, 11) is 0. The van der Waals surface area contributed by atoms with Gasteiger partial charge in [-0.2, -0.15) is 0 Å². The molecule has 84 valence electrons. The number of carboxylic acids is 1. The van der Waals surface area contributed by atoms with Crippen LogP contribution in [0.3, 0.4) is 0 Å². The van der Waals surface area contributed by atoms with Crippen LogP contribution in [0.25, 0.3) is 5.69 Å². The van der Waals surface area contributed by atoms with Crippen molar-refractivity contribution < 1.29 is 9.90 Å². The lowest BCUT2D eigenvalue weighted by Crippen LogP contribution is -2.01. The number of halogens is 1. The molecule has 0 amide bonds. The van der Waals surface area contributed by atoms with Crippen molar-refractivity contribution in [2.24, 2.45) is 0 Å². The Morgan fingerprint density at radius 3 is 2.44 bits per heavy atom. The molecule has 0 radical (unpaired) electrons. The van der Waals surface area contributed by atoms with Gasteiger partial charge in [0, 0.05) is 5.69 Å². The summed E-state index contributed by atoms with van der Waals surface area (Å²) < 4.78 is 1.38. The molecule has 0 saturated heterocycles. The Hall–Kier alpha value is -2.08. The van der Waals surface area contributed by atoms with Crippen molar-refractivity contribution in [3.05, 3.63) is 36.4 Å². The Morgan fingerprint density at radius 1 is 1.31 bits per heavy atom. The summed E-state index contributed by atoms with van der Waals surface area (Å²) in [6.07, 6.45) is 1.34. The molecule has 2 rings (SSSR count). The fourth-order valence-corrected chi connectivity index (χ4v) is 1.11. The smallest absolute Gasteiger partial charge is 0.375 e.